The Morgan fingerprint density at radius 3 is 2.66 bits per heavy atom. The molecule has 0 bridgehead atoms. The second-order valence-corrected chi connectivity index (χ2v) is 9.94. The van der Waals surface area contributed by atoms with Crippen LogP contribution in [0, 0.1) is 0 Å². The quantitative estimate of drug-likeness (QED) is 0.424. The van der Waals surface area contributed by atoms with Gasteiger partial charge in [0.1, 0.15) is 6.54 Å². The summed E-state index contributed by atoms with van der Waals surface area (Å²) >= 11 is 3.03. The maximum atomic E-state index is 13.0. The lowest BCUT2D eigenvalue weighted by Gasteiger charge is -2.32. The number of amides is 5. The Balaban J connectivity index is 1.26. The lowest BCUT2D eigenvalue weighted by molar-refractivity contribution is -0.145. The summed E-state index contributed by atoms with van der Waals surface area (Å²) in [5, 5.41) is 2.83. The van der Waals surface area contributed by atoms with E-state index in [2.05, 4.69) is 0 Å². The summed E-state index contributed by atoms with van der Waals surface area (Å²) in [4.78, 5) is 59.2. The SMILES string of the molecule is O=C(CN1C(=O)C(=O)N(Cc2cccs2)C1=O)N1CCC[C@H](c2nc3ccccc3s2)C1. The summed E-state index contributed by atoms with van der Waals surface area (Å²) in [6.07, 6.45) is 1.75. The van der Waals surface area contributed by atoms with Gasteiger partial charge >= 0.3 is 17.8 Å². The summed E-state index contributed by atoms with van der Waals surface area (Å²) in [5.74, 6) is -2.04. The van der Waals surface area contributed by atoms with E-state index in [1.165, 1.54) is 11.3 Å². The lowest BCUT2D eigenvalue weighted by atomic mass is 9.98. The second kappa shape index (κ2) is 8.44. The van der Waals surface area contributed by atoms with E-state index in [1.54, 1.807) is 22.3 Å². The molecule has 3 aromatic rings. The van der Waals surface area contributed by atoms with Crippen LogP contribution in [0.4, 0.5) is 4.79 Å². The van der Waals surface area contributed by atoms with Crippen LogP contribution >= 0.6 is 22.7 Å². The predicted octanol–water partition coefficient (Wildman–Crippen LogP) is 3.05. The Morgan fingerprint density at radius 2 is 1.88 bits per heavy atom. The molecule has 0 aliphatic carbocycles. The van der Waals surface area contributed by atoms with Gasteiger partial charge in [0.25, 0.3) is 0 Å². The van der Waals surface area contributed by atoms with E-state index in [0.29, 0.717) is 13.1 Å². The van der Waals surface area contributed by atoms with Crippen molar-refractivity contribution in [1.82, 2.24) is 19.7 Å². The van der Waals surface area contributed by atoms with E-state index in [-0.39, 0.29) is 18.4 Å². The molecule has 5 rings (SSSR count). The minimum absolute atomic E-state index is 0.0369. The highest BCUT2D eigenvalue weighted by Gasteiger charge is 2.45. The number of hydrogen-bond donors (Lipinski definition) is 0. The molecule has 32 heavy (non-hydrogen) atoms. The molecule has 2 fully saturated rings. The van der Waals surface area contributed by atoms with Crippen molar-refractivity contribution in [2.45, 2.75) is 25.3 Å². The average Bonchev–Trinajstić information content (AvgIpc) is 3.52. The highest BCUT2D eigenvalue weighted by molar-refractivity contribution is 7.18. The summed E-state index contributed by atoms with van der Waals surface area (Å²) in [6, 6.07) is 10.8. The van der Waals surface area contributed by atoms with Gasteiger partial charge in [-0.1, -0.05) is 18.2 Å². The zero-order valence-corrected chi connectivity index (χ0v) is 18.7. The first-order valence-electron chi connectivity index (χ1n) is 10.3. The van der Waals surface area contributed by atoms with E-state index in [0.717, 1.165) is 42.7 Å². The van der Waals surface area contributed by atoms with Gasteiger partial charge in [-0.05, 0) is 36.4 Å². The van der Waals surface area contributed by atoms with Crippen molar-refractivity contribution in [1.29, 1.82) is 0 Å². The zero-order chi connectivity index (χ0) is 22.2. The third-order valence-corrected chi connectivity index (χ3v) is 7.82. The monoisotopic (exact) mass is 468 g/mol. The molecule has 5 amide bonds. The fraction of sp³-hybridized carbons (Fsp3) is 0.318. The normalized spacial score (nSPS) is 19.4. The number of carbonyl (C=O) groups is 4. The number of aromatic nitrogens is 1. The number of nitrogens with zero attached hydrogens (tertiary/aromatic N) is 4. The molecule has 2 aliphatic rings. The van der Waals surface area contributed by atoms with E-state index in [1.807, 2.05) is 35.7 Å². The number of thiophene rings is 1. The fourth-order valence-corrected chi connectivity index (χ4v) is 5.88. The molecule has 4 heterocycles. The molecular weight excluding hydrogens is 448 g/mol. The van der Waals surface area contributed by atoms with Gasteiger partial charge in [0.05, 0.1) is 21.8 Å². The number of urea groups is 1. The molecule has 2 saturated heterocycles. The molecule has 1 aromatic carbocycles. The number of piperidine rings is 1. The number of hydrogen-bond acceptors (Lipinski definition) is 7. The first-order valence-corrected chi connectivity index (χ1v) is 12.0. The first-order chi connectivity index (χ1) is 15.5. The van der Waals surface area contributed by atoms with Crippen LogP contribution < -0.4 is 0 Å². The van der Waals surface area contributed by atoms with Crippen molar-refractivity contribution in [3.63, 3.8) is 0 Å². The van der Waals surface area contributed by atoms with Crippen molar-refractivity contribution in [3.05, 3.63) is 51.7 Å². The van der Waals surface area contributed by atoms with Crippen LogP contribution in [0.1, 0.15) is 28.6 Å². The molecule has 8 nitrogen and oxygen atoms in total. The van der Waals surface area contributed by atoms with Gasteiger partial charge in [0.15, 0.2) is 0 Å². The molecule has 0 spiro atoms. The largest absolute Gasteiger partial charge is 0.340 e. The molecule has 2 aliphatic heterocycles. The molecule has 0 N–H and O–H groups in total. The second-order valence-electron chi connectivity index (χ2n) is 7.84. The number of para-hydroxylation sites is 1. The van der Waals surface area contributed by atoms with Gasteiger partial charge < -0.3 is 4.90 Å². The summed E-state index contributed by atoms with van der Waals surface area (Å²) < 4.78 is 1.11. The van der Waals surface area contributed by atoms with E-state index in [9.17, 15) is 19.2 Å². The smallest absolute Gasteiger partial charge is 0.335 e. The molecule has 164 valence electrons. The molecule has 0 saturated carbocycles. The number of rotatable bonds is 5. The average molecular weight is 469 g/mol. The Morgan fingerprint density at radius 1 is 1.06 bits per heavy atom. The lowest BCUT2D eigenvalue weighted by Crippen LogP contribution is -2.46. The van der Waals surface area contributed by atoms with Crippen LogP contribution in [-0.2, 0) is 20.9 Å². The van der Waals surface area contributed by atoms with E-state index in [4.69, 9.17) is 4.98 Å². The van der Waals surface area contributed by atoms with Gasteiger partial charge in [0, 0.05) is 23.9 Å². The van der Waals surface area contributed by atoms with Crippen LogP contribution in [0.5, 0.6) is 0 Å². The van der Waals surface area contributed by atoms with Gasteiger partial charge in [-0.15, -0.1) is 22.7 Å². The van der Waals surface area contributed by atoms with Crippen molar-refractivity contribution in [2.75, 3.05) is 19.6 Å². The summed E-state index contributed by atoms with van der Waals surface area (Å²) in [6.45, 7) is 0.664. The third kappa shape index (κ3) is 3.80. The predicted molar refractivity (Wildman–Crippen MR) is 120 cm³/mol. The molecule has 1 atom stereocenters. The maximum absolute atomic E-state index is 13.0. The topological polar surface area (TPSA) is 90.9 Å². The van der Waals surface area contributed by atoms with Gasteiger partial charge in [0.2, 0.25) is 5.91 Å². The number of thiazole rings is 1. The molecule has 2 aromatic heterocycles. The number of fused-ring (bicyclic) bond motifs is 1. The number of imide groups is 2. The number of carbonyl (C=O) groups excluding carboxylic acids is 4. The van der Waals surface area contributed by atoms with E-state index < -0.39 is 24.4 Å². The Labute approximate surface area is 192 Å². The Hall–Kier alpha value is -3.11. The van der Waals surface area contributed by atoms with Crippen molar-refractivity contribution in [3.8, 4) is 0 Å². The first kappa shape index (κ1) is 20.8. The van der Waals surface area contributed by atoms with Gasteiger partial charge in [-0.3, -0.25) is 19.3 Å². The summed E-state index contributed by atoms with van der Waals surface area (Å²) in [5.41, 5.74) is 0.952. The van der Waals surface area contributed by atoms with Gasteiger partial charge in [-0.25, -0.2) is 14.7 Å². The molecule has 0 unspecified atom stereocenters. The van der Waals surface area contributed by atoms with Crippen molar-refractivity contribution in [2.24, 2.45) is 0 Å². The maximum Gasteiger partial charge on any atom is 0.335 e. The van der Waals surface area contributed by atoms with Crippen LogP contribution in [0.3, 0.4) is 0 Å². The highest BCUT2D eigenvalue weighted by atomic mass is 32.1. The molecule has 0 radical (unpaired) electrons. The van der Waals surface area contributed by atoms with Crippen LogP contribution in [-0.4, -0.2) is 63.1 Å². The van der Waals surface area contributed by atoms with E-state index >= 15 is 0 Å². The van der Waals surface area contributed by atoms with Crippen LogP contribution in [0.15, 0.2) is 41.8 Å². The standard InChI is InChI=1S/C22H20N4O4S2/c27-18(13-26-21(29)20(28)25(22(26)30)12-15-6-4-10-31-15)24-9-3-5-14(11-24)19-23-16-7-1-2-8-17(16)32-19/h1-2,4,6-8,10,14H,3,5,9,11-13H2/t14-/m0/s1. The molecular formula is C22H20N4O4S2. The minimum atomic E-state index is -0.945. The number of benzene rings is 1. The Kier molecular flexibility index (Phi) is 5.48. The van der Waals surface area contributed by atoms with Crippen molar-refractivity contribution < 1.29 is 19.2 Å². The highest BCUT2D eigenvalue weighted by Crippen LogP contribution is 2.33. The summed E-state index contributed by atoms with van der Waals surface area (Å²) in [7, 11) is 0. The van der Waals surface area contributed by atoms with Crippen molar-refractivity contribution >= 4 is 56.6 Å². The van der Waals surface area contributed by atoms with Crippen LogP contribution in [0.2, 0.25) is 0 Å². The zero-order valence-electron chi connectivity index (χ0n) is 17.1. The minimum Gasteiger partial charge on any atom is -0.340 e. The third-order valence-electron chi connectivity index (χ3n) is 5.76. The number of likely N-dealkylation sites (tertiary alicyclic amines) is 1. The van der Waals surface area contributed by atoms with Gasteiger partial charge in [-0.2, -0.15) is 0 Å². The molecule has 10 heteroatoms. The Bertz CT molecular complexity index is 1170. The fourth-order valence-electron chi connectivity index (χ4n) is 4.09. The van der Waals surface area contributed by atoms with Crippen LogP contribution in [0.25, 0.3) is 10.2 Å².